The first kappa shape index (κ1) is 61.5. The molecule has 0 aromatic carbocycles. The average molecular weight is 2050 g/mol. The van der Waals surface area contributed by atoms with Gasteiger partial charge in [-0.25, -0.2) is 44.9 Å². The number of esters is 9. The lowest BCUT2D eigenvalue weighted by Gasteiger charge is -2.13. The number of hydrogen-bond donors (Lipinski definition) is 0. The topological polar surface area (TPSA) is 397 Å². The molecule has 144 heavy (non-hydrogen) atoms. The maximum Gasteiger partial charge on any atom is 0.309 e. The van der Waals surface area contributed by atoms with Gasteiger partial charge in [-0.15, -0.1) is 0 Å². The molecule has 9 fully saturated rings. The smallest absolute Gasteiger partial charge is 0.309 e. The van der Waals surface area contributed by atoms with Crippen molar-refractivity contribution >= 4 is 53.7 Å². The lowest BCUT2D eigenvalue weighted by Crippen LogP contribution is -2.18. The molecule has 0 saturated carbocycles. The second-order valence-corrected chi connectivity index (χ2v) is 33.5. The Kier molecular flexibility index (Phi) is 22.8. The van der Waals surface area contributed by atoms with Crippen molar-refractivity contribution in [3.8, 4) is 0 Å². The van der Waals surface area contributed by atoms with Crippen LogP contribution in [0.5, 0.6) is 0 Å². The van der Waals surface area contributed by atoms with E-state index >= 15 is 0 Å². The average Bonchev–Trinajstić information content (AvgIpc) is 1.53. The van der Waals surface area contributed by atoms with E-state index in [0.717, 1.165) is 25.3 Å². The molecular weight excluding hydrogens is 1840 g/mol. The standard InChI is InChI=1S/9C12H18N2O2/c9*1-4-11-9(7-16-12(11)15)5-10-6-13-8(2)14(10)3/h9*6,9,11H,4-5,7H2,1-3H3/t9*9-,11-/m000000000/s1/i4D2,5D2,6D,9D,11D;3D3,4D2,5D2,6D,11D;5D2,6D,9D,11D;4D2,5D2,6D,11D;3D3,5D2,6D,11D;5D2,6D,11D;5D2,6D,9D;3D3,5D2,6D;5D2,6D. The van der Waals surface area contributed by atoms with E-state index in [-0.39, 0.29) is 146 Å². The highest BCUT2D eigenvalue weighted by molar-refractivity contribution is 5.78. The molecule has 0 radical (unpaired) electrons. The molecule has 9 saturated heterocycles. The summed E-state index contributed by atoms with van der Waals surface area (Å²) in [4.78, 5) is 141. The molecular formula is C108H162N18O18. The van der Waals surface area contributed by atoms with Crippen LogP contribution in [0.2, 0.25) is 0 Å². The van der Waals surface area contributed by atoms with Gasteiger partial charge in [-0.05, 0) is 177 Å². The van der Waals surface area contributed by atoms with Crippen molar-refractivity contribution in [3.05, 3.63) is 159 Å². The Bertz CT molecular complexity index is 8480. The van der Waals surface area contributed by atoms with Crippen LogP contribution in [0.25, 0.3) is 0 Å². The Morgan fingerprint density at radius 3 is 0.694 bits per heavy atom. The summed E-state index contributed by atoms with van der Waals surface area (Å²) >= 11 is 0. The highest BCUT2D eigenvalue weighted by Crippen LogP contribution is 2.37. The third-order valence-electron chi connectivity index (χ3n) is 24.7. The number of carbonyl (C=O) groups is 9. The van der Waals surface area contributed by atoms with Crippen LogP contribution in [0.4, 0.5) is 0 Å². The molecule has 0 amide bonds. The van der Waals surface area contributed by atoms with Gasteiger partial charge in [0.15, 0.2) is 0 Å². The highest BCUT2D eigenvalue weighted by atomic mass is 16.6. The Hall–Kier alpha value is -11.9. The summed E-state index contributed by atoms with van der Waals surface area (Å²) in [6.45, 7) is 15.6. The maximum absolute atomic E-state index is 12.0. The van der Waals surface area contributed by atoms with Crippen LogP contribution in [-0.2, 0) is 206 Å². The Morgan fingerprint density at radius 2 is 0.431 bits per heavy atom. The summed E-state index contributed by atoms with van der Waals surface area (Å²) in [5.74, 6) is -33.0. The van der Waals surface area contributed by atoms with E-state index < -0.39 is 314 Å². The van der Waals surface area contributed by atoms with E-state index in [9.17, 15) is 43.2 Å². The zero-order chi connectivity index (χ0) is 151. The van der Waals surface area contributed by atoms with Crippen molar-refractivity contribution in [1.82, 2.24) is 86.0 Å². The van der Waals surface area contributed by atoms with Crippen molar-refractivity contribution in [1.29, 1.82) is 0 Å². The molecule has 9 aliphatic rings. The van der Waals surface area contributed by atoms with E-state index in [4.69, 9.17) is 113 Å². The fourth-order valence-corrected chi connectivity index (χ4v) is 15.1. The number of cyclic esters (lactones) is 9. The third-order valence-corrected chi connectivity index (χ3v) is 24.7. The van der Waals surface area contributed by atoms with Gasteiger partial charge < -0.3 is 83.7 Å². The van der Waals surface area contributed by atoms with Crippen LogP contribution in [0, 0.1) is 169 Å². The number of nitrogens with zero attached hydrogens (tertiary/aromatic N) is 18. The van der Waals surface area contributed by atoms with Crippen molar-refractivity contribution < 1.29 is 156 Å². The van der Waals surface area contributed by atoms with E-state index in [1.54, 1.807) is 109 Å². The summed E-state index contributed by atoms with van der Waals surface area (Å²) in [7, 11) is 9.47. The van der Waals surface area contributed by atoms with Gasteiger partial charge in [-0.1, -0.05) is 62.3 Å². The van der Waals surface area contributed by atoms with Crippen molar-refractivity contribution in [2.24, 2.45) is 170 Å². The fourth-order valence-electron chi connectivity index (χ4n) is 15.1. The van der Waals surface area contributed by atoms with Gasteiger partial charge in [0.2, 0.25) is 0 Å². The molecule has 0 bridgehead atoms. The molecule has 9 aliphatic heterocycles. The lowest BCUT2D eigenvalue weighted by molar-refractivity contribution is -0.142. The lowest BCUT2D eigenvalue weighted by atomic mass is 9.89. The fraction of sp³-hybridized carbons (Fsp3) is 0.667. The zero-order valence-electron chi connectivity index (χ0n) is 136. The Balaban J connectivity index is 0.000000218. The summed E-state index contributed by atoms with van der Waals surface area (Å²) in [6.07, 6.45) is -29.7. The number of aryl methyl sites for hydroxylation is 9. The summed E-state index contributed by atoms with van der Waals surface area (Å²) in [5.41, 5.74) is -1.59. The van der Waals surface area contributed by atoms with Crippen LogP contribution in [0.3, 0.4) is 0 Å². The quantitative estimate of drug-likeness (QED) is 0.0341. The highest BCUT2D eigenvalue weighted by Gasteiger charge is 2.44. The molecule has 9 aromatic rings. The van der Waals surface area contributed by atoms with E-state index in [1.807, 2.05) is 6.92 Å². The number of hydrogen-bond acceptors (Lipinski definition) is 27. The molecule has 36 nitrogen and oxygen atoms in total. The predicted octanol–water partition coefficient (Wildman–Crippen LogP) is 13.2. The minimum Gasteiger partial charge on any atom is -0.465 e. The number of carbonyl (C=O) groups excluding carboxylic acids is 9. The number of imidazole rings is 9. The van der Waals surface area contributed by atoms with Crippen LogP contribution < -0.4 is 0 Å². The first-order chi connectivity index (χ1) is 88.2. The van der Waals surface area contributed by atoms with Crippen LogP contribution in [-0.4, -0.2) is 199 Å². The summed E-state index contributed by atoms with van der Waals surface area (Å²) < 4.78 is 465. The zero-order valence-corrected chi connectivity index (χ0v) is 85.2. The minimum atomic E-state index is -2.83. The third kappa shape index (κ3) is 28.5. The molecule has 0 spiro atoms. The molecule has 18 atom stereocenters. The number of ether oxygens (including phenoxy) is 9. The van der Waals surface area contributed by atoms with E-state index in [1.165, 1.54) is 57.7 Å². The largest absolute Gasteiger partial charge is 0.465 e. The van der Waals surface area contributed by atoms with E-state index in [2.05, 4.69) is 44.9 Å². The molecule has 0 unspecified atom stereocenters. The second kappa shape index (κ2) is 53.3. The number of rotatable bonds is 27. The Labute approximate surface area is 921 Å². The van der Waals surface area contributed by atoms with Gasteiger partial charge >= 0.3 is 53.7 Å². The van der Waals surface area contributed by atoms with Gasteiger partial charge in [-0.2, -0.15) is 0 Å². The van der Waals surface area contributed by atoms with Gasteiger partial charge in [0, 0.05) is 281 Å². The van der Waals surface area contributed by atoms with Crippen molar-refractivity contribution in [2.75, 3.05) is 59.5 Å². The maximum atomic E-state index is 12.0. The van der Waals surface area contributed by atoms with Gasteiger partial charge in [0.1, 0.15) is 52.4 Å². The molecule has 0 N–H and O–H groups in total. The molecule has 18 rings (SSSR count). The molecule has 0 aliphatic carbocycles. The van der Waals surface area contributed by atoms with Crippen molar-refractivity contribution in [2.45, 2.75) is 240 Å². The van der Waals surface area contributed by atoms with Gasteiger partial charge in [-0.3, -0.25) is 43.2 Å². The number of aromatic nitrogens is 18. The first-order valence-corrected chi connectivity index (χ1v) is 46.4. The van der Waals surface area contributed by atoms with Crippen molar-refractivity contribution in [3.63, 3.8) is 0 Å². The van der Waals surface area contributed by atoms with Crippen LogP contribution in [0.1, 0.15) is 294 Å². The van der Waals surface area contributed by atoms with E-state index in [0.29, 0.717) is 63.3 Å². The van der Waals surface area contributed by atoms with Gasteiger partial charge in [0.05, 0.1) is 125 Å². The molecule has 9 aromatic heterocycles. The predicted molar refractivity (Wildman–Crippen MR) is 539 cm³/mol. The summed E-state index contributed by atoms with van der Waals surface area (Å²) in [5, 5.41) is 0. The monoisotopic (exact) mass is 2050 g/mol. The first-order valence-electron chi connectivity index (χ1n) is 71.9. The van der Waals surface area contributed by atoms with Gasteiger partial charge in [0.25, 0.3) is 0 Å². The molecule has 792 valence electrons. The second-order valence-electron chi connectivity index (χ2n) is 33.5. The SMILES string of the molecule is [2H]c1nc(C)n(C([2H])([2H])[2H])c1C([2H])([2H])[C@H]1COC(=O)[C@@]1([2H])C([2H])([2H])C.[2H]c1nc(C)n(C([2H])([2H])[2H])c1C([2H])([2H])[C@H]1COC(=O)[C@@]1([2H])CC.[2H]c1nc(C)n(C([2H])([2H])[2H])c1C([2H])([2H])[C@H]1COC(=O)[C@H]1CC.[2H]c1nc(C)n(C)c1C([2H])([2H])[C@@]1([2H])COC(=O)[C@@]1([2H])C([2H])([2H])C.[2H]c1nc(C)n(C)c1C([2H])([2H])[C@@]1([2H])COC(=O)[C@@]1([2H])CC.[2H]c1nc(C)n(C)c1C([2H])([2H])[C@@]1([2H])COC(=O)[C@H]1CC.[2H]c1nc(C)n(C)c1C([2H])([2H])[C@H]1COC(=O)[C@@]1([2H])C([2H])([2H])C.[2H]c1nc(C)n(C)c1C([2H])([2H])[C@H]1COC(=O)[C@@]1([2H])CC.[2H]c1nc(C)n(C)c1C([2H])([2H])[C@H]1COC(=O)[C@H]1CC. The summed E-state index contributed by atoms with van der Waals surface area (Å²) in [6, 6.07) is 0. The Morgan fingerprint density at radius 1 is 0.243 bits per heavy atom. The minimum absolute atomic E-state index is 0.0155. The van der Waals surface area contributed by atoms with Crippen LogP contribution >= 0.6 is 0 Å². The van der Waals surface area contributed by atoms with Crippen LogP contribution in [0.15, 0.2) is 55.6 Å². The molecule has 36 heteroatoms. The normalized spacial score (nSPS) is 36.0. The molecule has 18 heterocycles.